The smallest absolute Gasteiger partial charge is 0.348 e. The minimum Gasteiger partial charge on any atom is -0.481 e. The first kappa shape index (κ1) is 14.0. The molecule has 0 saturated carbocycles. The fraction of sp³-hybridized carbons (Fsp3) is 0.385. The van der Waals surface area contributed by atoms with Crippen molar-refractivity contribution in [2.24, 2.45) is 0 Å². The number of hydrogen-bond acceptors (Lipinski definition) is 5. The van der Waals surface area contributed by atoms with Crippen molar-refractivity contribution in [3.8, 4) is 0 Å². The lowest BCUT2D eigenvalue weighted by molar-refractivity contribution is -0.136. The molecule has 2 aromatic rings. The van der Waals surface area contributed by atoms with Crippen LogP contribution in [0.25, 0.3) is 0 Å². The average Bonchev–Trinajstić information content (AvgIpc) is 2.75. The van der Waals surface area contributed by atoms with Crippen LogP contribution in [0.1, 0.15) is 28.4 Å². The lowest BCUT2D eigenvalue weighted by Crippen LogP contribution is -2.28. The minimum absolute atomic E-state index is 0.166. The lowest BCUT2D eigenvalue weighted by Gasteiger charge is -2.13. The molecule has 0 unspecified atom stereocenters. The molecule has 7 nitrogen and oxygen atoms in total. The number of aryl methyl sites for hydroxylation is 2. The van der Waals surface area contributed by atoms with Gasteiger partial charge < -0.3 is 9.63 Å². The second-order valence-electron chi connectivity index (χ2n) is 4.64. The maximum atomic E-state index is 12.0. The van der Waals surface area contributed by atoms with Gasteiger partial charge in [-0.25, -0.2) is 4.79 Å². The monoisotopic (exact) mass is 277 g/mol. The van der Waals surface area contributed by atoms with Gasteiger partial charge in [0.1, 0.15) is 0 Å². The molecule has 20 heavy (non-hydrogen) atoms. The van der Waals surface area contributed by atoms with Gasteiger partial charge in [-0.2, -0.15) is 4.98 Å². The molecular formula is C13H15N3O4. The molecule has 0 bridgehead atoms. The summed E-state index contributed by atoms with van der Waals surface area (Å²) >= 11 is 0. The van der Waals surface area contributed by atoms with Crippen molar-refractivity contribution in [1.29, 1.82) is 0 Å². The van der Waals surface area contributed by atoms with Crippen LogP contribution in [0.15, 0.2) is 15.4 Å². The molecule has 0 aromatic carbocycles. The van der Waals surface area contributed by atoms with Crippen molar-refractivity contribution in [3.63, 3.8) is 0 Å². The highest BCUT2D eigenvalue weighted by Crippen LogP contribution is 2.12. The van der Waals surface area contributed by atoms with Gasteiger partial charge in [0, 0.05) is 23.0 Å². The Hall–Kier alpha value is -2.44. The fourth-order valence-electron chi connectivity index (χ4n) is 2.08. The molecule has 0 amide bonds. The zero-order chi connectivity index (χ0) is 14.9. The molecule has 7 heteroatoms. The molecule has 106 valence electrons. The van der Waals surface area contributed by atoms with Crippen LogP contribution in [0.3, 0.4) is 0 Å². The van der Waals surface area contributed by atoms with Crippen LogP contribution in [0, 0.1) is 20.8 Å². The summed E-state index contributed by atoms with van der Waals surface area (Å²) in [6, 6.07) is 1.72. The van der Waals surface area contributed by atoms with Crippen LogP contribution in [-0.2, 0) is 17.8 Å². The van der Waals surface area contributed by atoms with Gasteiger partial charge in [0.05, 0.1) is 18.7 Å². The Morgan fingerprint density at radius 3 is 2.65 bits per heavy atom. The minimum atomic E-state index is -0.960. The van der Waals surface area contributed by atoms with Crippen molar-refractivity contribution in [1.82, 2.24) is 14.7 Å². The third-order valence-corrected chi connectivity index (χ3v) is 3.09. The summed E-state index contributed by atoms with van der Waals surface area (Å²) < 4.78 is 6.47. The van der Waals surface area contributed by atoms with Gasteiger partial charge in [0.25, 0.3) is 0 Å². The van der Waals surface area contributed by atoms with E-state index in [2.05, 4.69) is 10.1 Å². The number of carboxylic acids is 1. The number of rotatable bonds is 4. The van der Waals surface area contributed by atoms with Crippen LogP contribution >= 0.6 is 0 Å². The Labute approximate surface area is 114 Å². The molecular weight excluding hydrogens is 262 g/mol. The molecule has 0 fully saturated rings. The molecule has 1 N–H and O–H groups in total. The molecule has 0 aliphatic heterocycles. The number of aromatic nitrogens is 3. The molecule has 0 aliphatic carbocycles. The van der Waals surface area contributed by atoms with E-state index >= 15 is 0 Å². The Morgan fingerprint density at radius 1 is 1.40 bits per heavy atom. The maximum absolute atomic E-state index is 12.0. The Bertz CT molecular complexity index is 715. The molecule has 0 atom stereocenters. The van der Waals surface area contributed by atoms with E-state index in [4.69, 9.17) is 9.63 Å². The Kier molecular flexibility index (Phi) is 3.69. The zero-order valence-electron chi connectivity index (χ0n) is 11.5. The van der Waals surface area contributed by atoms with Crippen molar-refractivity contribution in [3.05, 3.63) is 45.0 Å². The first-order valence-corrected chi connectivity index (χ1v) is 6.09. The molecule has 2 aromatic heterocycles. The summed E-state index contributed by atoms with van der Waals surface area (Å²) in [5.41, 5.74) is 1.87. The van der Waals surface area contributed by atoms with Crippen molar-refractivity contribution < 1.29 is 14.4 Å². The van der Waals surface area contributed by atoms with Crippen molar-refractivity contribution in [2.75, 3.05) is 0 Å². The Morgan fingerprint density at radius 2 is 2.10 bits per heavy atom. The molecule has 0 spiro atoms. The molecule has 2 rings (SSSR count). The lowest BCUT2D eigenvalue weighted by atomic mass is 10.1. The molecule has 0 aliphatic rings. The van der Waals surface area contributed by atoms with Gasteiger partial charge in [-0.15, -0.1) is 0 Å². The summed E-state index contributed by atoms with van der Waals surface area (Å²) in [4.78, 5) is 26.7. The fourth-order valence-corrected chi connectivity index (χ4v) is 2.08. The topological polar surface area (TPSA) is 98.2 Å². The highest BCUT2D eigenvalue weighted by atomic mass is 16.5. The molecule has 0 saturated heterocycles. The molecule has 2 heterocycles. The first-order chi connectivity index (χ1) is 9.38. The number of hydrogen-bond donors (Lipinski definition) is 1. The van der Waals surface area contributed by atoms with Gasteiger partial charge in [0.2, 0.25) is 0 Å². The predicted molar refractivity (Wildman–Crippen MR) is 69.7 cm³/mol. The van der Waals surface area contributed by atoms with Crippen LogP contribution in [0.4, 0.5) is 0 Å². The number of aliphatic carboxylic acids is 1. The van der Waals surface area contributed by atoms with Gasteiger partial charge in [-0.05, 0) is 20.8 Å². The van der Waals surface area contributed by atoms with Gasteiger partial charge in [-0.1, -0.05) is 5.16 Å². The maximum Gasteiger partial charge on any atom is 0.348 e. The van der Waals surface area contributed by atoms with E-state index in [-0.39, 0.29) is 13.0 Å². The van der Waals surface area contributed by atoms with E-state index in [0.717, 1.165) is 5.69 Å². The average molecular weight is 277 g/mol. The van der Waals surface area contributed by atoms with Gasteiger partial charge in [0.15, 0.2) is 5.76 Å². The standard InChI is InChI=1S/C13H15N3O4/c1-7-4-10(20-15-7)6-16-9(3)11(5-12(17)18)8(2)14-13(16)19/h4H,5-6H2,1-3H3,(H,17,18). The van der Waals surface area contributed by atoms with E-state index in [1.165, 1.54) is 4.57 Å². The second kappa shape index (κ2) is 5.28. The summed E-state index contributed by atoms with van der Waals surface area (Å²) in [5.74, 6) is -0.432. The summed E-state index contributed by atoms with van der Waals surface area (Å²) in [6.07, 6.45) is -0.166. The van der Waals surface area contributed by atoms with Crippen molar-refractivity contribution >= 4 is 5.97 Å². The van der Waals surface area contributed by atoms with E-state index in [1.54, 1.807) is 26.8 Å². The number of carboxylic acid groups (broad SMARTS) is 1. The normalized spacial score (nSPS) is 10.8. The van der Waals surface area contributed by atoms with Crippen molar-refractivity contribution in [2.45, 2.75) is 33.7 Å². The summed E-state index contributed by atoms with van der Waals surface area (Å²) in [5, 5.41) is 12.7. The zero-order valence-corrected chi connectivity index (χ0v) is 11.5. The van der Waals surface area contributed by atoms with Crippen LogP contribution < -0.4 is 5.69 Å². The van der Waals surface area contributed by atoms with Gasteiger partial charge >= 0.3 is 11.7 Å². The predicted octanol–water partition coefficient (Wildman–Crippen LogP) is 0.832. The SMILES string of the molecule is Cc1cc(Cn2c(C)c(CC(=O)O)c(C)nc2=O)on1. The summed E-state index contributed by atoms with van der Waals surface area (Å²) in [7, 11) is 0. The van der Waals surface area contributed by atoms with Gasteiger partial charge in [-0.3, -0.25) is 9.36 Å². The third-order valence-electron chi connectivity index (χ3n) is 3.09. The molecule has 0 radical (unpaired) electrons. The highest BCUT2D eigenvalue weighted by Gasteiger charge is 2.15. The second-order valence-corrected chi connectivity index (χ2v) is 4.64. The quantitative estimate of drug-likeness (QED) is 0.888. The van der Waals surface area contributed by atoms with E-state index in [0.29, 0.717) is 22.7 Å². The third kappa shape index (κ3) is 2.76. The summed E-state index contributed by atoms with van der Waals surface area (Å²) in [6.45, 7) is 5.31. The van der Waals surface area contributed by atoms with E-state index < -0.39 is 11.7 Å². The van der Waals surface area contributed by atoms with Crippen LogP contribution in [0.2, 0.25) is 0 Å². The Balaban J connectivity index is 2.47. The van der Waals surface area contributed by atoms with E-state index in [9.17, 15) is 9.59 Å². The number of carbonyl (C=O) groups is 1. The van der Waals surface area contributed by atoms with E-state index in [1.807, 2.05) is 0 Å². The number of nitrogens with zero attached hydrogens (tertiary/aromatic N) is 3. The first-order valence-electron chi connectivity index (χ1n) is 6.09. The van der Waals surface area contributed by atoms with Crippen LogP contribution in [0.5, 0.6) is 0 Å². The highest BCUT2D eigenvalue weighted by molar-refractivity contribution is 5.70. The van der Waals surface area contributed by atoms with Crippen LogP contribution in [-0.4, -0.2) is 25.8 Å². The largest absolute Gasteiger partial charge is 0.481 e.